The highest BCUT2D eigenvalue weighted by atomic mass is 16.5. The van der Waals surface area contributed by atoms with Crippen molar-refractivity contribution in [2.75, 3.05) is 12.3 Å². The van der Waals surface area contributed by atoms with Crippen molar-refractivity contribution >= 4 is 17.8 Å². The van der Waals surface area contributed by atoms with Crippen LogP contribution in [-0.4, -0.2) is 33.7 Å². The van der Waals surface area contributed by atoms with Crippen molar-refractivity contribution in [1.82, 2.24) is 4.98 Å². The second-order valence-corrected chi connectivity index (χ2v) is 5.04. The zero-order valence-corrected chi connectivity index (χ0v) is 13.0. The van der Waals surface area contributed by atoms with Gasteiger partial charge in [0.1, 0.15) is 22.7 Å². The van der Waals surface area contributed by atoms with Gasteiger partial charge >= 0.3 is 11.9 Å². The predicted octanol–water partition coefficient (Wildman–Crippen LogP) is 1.73. The number of benzene rings is 1. The number of aromatic nitrogens is 1. The Hall–Kier alpha value is -3.29. The summed E-state index contributed by atoms with van der Waals surface area (Å²) in [5.41, 5.74) is 4.10. The number of carboxylic acid groups (broad SMARTS) is 2. The van der Waals surface area contributed by atoms with E-state index in [-0.39, 0.29) is 23.5 Å². The van der Waals surface area contributed by atoms with E-state index in [1.165, 1.54) is 0 Å². The average Bonchev–Trinajstić information content (AvgIpc) is 2.47. The molecule has 24 heavy (non-hydrogen) atoms. The maximum atomic E-state index is 12.1. The van der Waals surface area contributed by atoms with Crippen LogP contribution < -0.4 is 16.0 Å². The molecule has 0 spiro atoms. The van der Waals surface area contributed by atoms with Crippen molar-refractivity contribution in [2.24, 2.45) is 0 Å². The van der Waals surface area contributed by atoms with Crippen molar-refractivity contribution < 1.29 is 24.5 Å². The first-order valence-electron chi connectivity index (χ1n) is 7.04. The van der Waals surface area contributed by atoms with Crippen LogP contribution in [0.5, 0.6) is 5.75 Å². The molecule has 5 N–H and O–H groups in total. The fourth-order valence-corrected chi connectivity index (χ4v) is 2.44. The van der Waals surface area contributed by atoms with Gasteiger partial charge < -0.3 is 25.7 Å². The van der Waals surface area contributed by atoms with Crippen LogP contribution in [0.15, 0.2) is 23.0 Å². The van der Waals surface area contributed by atoms with Crippen molar-refractivity contribution in [2.45, 2.75) is 13.8 Å². The number of nitrogens with one attached hydrogen (secondary N) is 1. The first kappa shape index (κ1) is 17.1. The van der Waals surface area contributed by atoms with Crippen molar-refractivity contribution in [3.05, 3.63) is 45.2 Å². The van der Waals surface area contributed by atoms with Gasteiger partial charge in [0, 0.05) is 11.1 Å². The van der Waals surface area contributed by atoms with Crippen molar-refractivity contribution in [3.63, 3.8) is 0 Å². The number of aryl methyl sites for hydroxylation is 1. The standard InChI is InChI=1S/C16H16N2O6/c1-3-24-9-5-4-7(2)6-8(9)10-11(15(20)21)13(17)18-14(19)12(10)16(22)23/h4-6H,3H2,1-2H3,(H,20,21)(H,22,23)(H3,17,18,19). The third-order valence-electron chi connectivity index (χ3n) is 3.38. The van der Waals surface area contributed by atoms with E-state index >= 15 is 0 Å². The normalized spacial score (nSPS) is 10.4. The van der Waals surface area contributed by atoms with Gasteiger partial charge in [0.05, 0.1) is 6.61 Å². The van der Waals surface area contributed by atoms with Crippen LogP contribution in [-0.2, 0) is 0 Å². The van der Waals surface area contributed by atoms with Crippen LogP contribution in [0.4, 0.5) is 5.82 Å². The maximum Gasteiger partial charge on any atom is 0.342 e. The molecule has 0 radical (unpaired) electrons. The summed E-state index contributed by atoms with van der Waals surface area (Å²) in [5, 5.41) is 18.9. The second kappa shape index (κ2) is 6.45. The number of nitrogens with two attached hydrogens (primary N) is 1. The molecule has 0 amide bonds. The Morgan fingerprint density at radius 2 is 1.83 bits per heavy atom. The molecule has 2 rings (SSSR count). The summed E-state index contributed by atoms with van der Waals surface area (Å²) in [5.74, 6) is -3.17. The van der Waals surface area contributed by atoms with E-state index in [0.717, 1.165) is 5.56 Å². The highest BCUT2D eigenvalue weighted by Crippen LogP contribution is 2.36. The minimum Gasteiger partial charge on any atom is -0.493 e. The van der Waals surface area contributed by atoms with Gasteiger partial charge in [-0.3, -0.25) is 4.79 Å². The summed E-state index contributed by atoms with van der Waals surface area (Å²) in [4.78, 5) is 37.3. The minimum atomic E-state index is -1.56. The summed E-state index contributed by atoms with van der Waals surface area (Å²) in [6.07, 6.45) is 0. The molecule has 0 aliphatic rings. The van der Waals surface area contributed by atoms with Crippen LogP contribution in [0.1, 0.15) is 33.2 Å². The minimum absolute atomic E-state index is 0.185. The lowest BCUT2D eigenvalue weighted by molar-refractivity contribution is 0.0695. The van der Waals surface area contributed by atoms with Gasteiger partial charge in [-0.15, -0.1) is 0 Å². The van der Waals surface area contributed by atoms with Gasteiger partial charge in [0.25, 0.3) is 5.56 Å². The molecule has 1 heterocycles. The molecular weight excluding hydrogens is 316 g/mol. The summed E-state index contributed by atoms with van der Waals surface area (Å²) >= 11 is 0. The monoisotopic (exact) mass is 332 g/mol. The molecule has 0 aliphatic heterocycles. The van der Waals surface area contributed by atoms with E-state index in [1.54, 1.807) is 32.0 Å². The van der Waals surface area contributed by atoms with Crippen LogP contribution >= 0.6 is 0 Å². The number of H-pyrrole nitrogens is 1. The summed E-state index contributed by atoms with van der Waals surface area (Å²) in [7, 11) is 0. The van der Waals surface area contributed by atoms with E-state index in [9.17, 15) is 24.6 Å². The Morgan fingerprint density at radius 1 is 1.21 bits per heavy atom. The van der Waals surface area contributed by atoms with Gasteiger partial charge in [0.2, 0.25) is 0 Å². The molecule has 0 aliphatic carbocycles. The van der Waals surface area contributed by atoms with E-state index in [0.29, 0.717) is 0 Å². The van der Waals surface area contributed by atoms with E-state index in [2.05, 4.69) is 4.98 Å². The average molecular weight is 332 g/mol. The molecule has 1 aromatic carbocycles. The number of hydrogen-bond donors (Lipinski definition) is 4. The molecule has 1 aromatic heterocycles. The van der Waals surface area contributed by atoms with Gasteiger partial charge in [-0.25, -0.2) is 9.59 Å². The summed E-state index contributed by atoms with van der Waals surface area (Å²) in [6, 6.07) is 4.87. The number of nitrogen functional groups attached to an aromatic ring is 1. The Kier molecular flexibility index (Phi) is 4.59. The molecule has 0 atom stereocenters. The number of anilines is 1. The smallest absolute Gasteiger partial charge is 0.342 e. The molecule has 8 heteroatoms. The number of carboxylic acids is 2. The first-order chi connectivity index (χ1) is 11.3. The fourth-order valence-electron chi connectivity index (χ4n) is 2.44. The Morgan fingerprint density at radius 3 is 2.38 bits per heavy atom. The molecular formula is C16H16N2O6. The lowest BCUT2D eigenvalue weighted by Crippen LogP contribution is -2.24. The van der Waals surface area contributed by atoms with E-state index < -0.39 is 34.4 Å². The third kappa shape index (κ3) is 2.94. The fraction of sp³-hybridized carbons (Fsp3) is 0.188. The highest BCUT2D eigenvalue weighted by molar-refractivity contribution is 6.08. The molecule has 126 valence electrons. The molecule has 8 nitrogen and oxygen atoms in total. The highest BCUT2D eigenvalue weighted by Gasteiger charge is 2.28. The second-order valence-electron chi connectivity index (χ2n) is 5.04. The Balaban J connectivity index is 3.02. The largest absolute Gasteiger partial charge is 0.493 e. The van der Waals surface area contributed by atoms with Crippen LogP contribution in [0.3, 0.4) is 0 Å². The lowest BCUT2D eigenvalue weighted by atomic mass is 9.93. The van der Waals surface area contributed by atoms with Crippen molar-refractivity contribution in [3.8, 4) is 16.9 Å². The Labute approximate surface area is 136 Å². The third-order valence-corrected chi connectivity index (χ3v) is 3.38. The number of aromatic carboxylic acids is 2. The number of carbonyl (C=O) groups is 2. The first-order valence-corrected chi connectivity index (χ1v) is 7.04. The summed E-state index contributed by atoms with van der Waals surface area (Å²) in [6.45, 7) is 3.75. The maximum absolute atomic E-state index is 12.1. The zero-order valence-electron chi connectivity index (χ0n) is 13.0. The molecule has 2 aromatic rings. The zero-order chi connectivity index (χ0) is 18.0. The van der Waals surface area contributed by atoms with Gasteiger partial charge in [0.15, 0.2) is 0 Å². The SMILES string of the molecule is CCOc1ccc(C)cc1-c1c(C(=O)O)c(N)[nH]c(=O)c1C(=O)O. The molecule has 0 unspecified atom stereocenters. The number of aromatic amines is 1. The number of hydrogen-bond acceptors (Lipinski definition) is 5. The van der Waals surface area contributed by atoms with Gasteiger partial charge in [-0.2, -0.15) is 0 Å². The molecule has 0 saturated carbocycles. The van der Waals surface area contributed by atoms with Crippen LogP contribution in [0.25, 0.3) is 11.1 Å². The lowest BCUT2D eigenvalue weighted by Gasteiger charge is -2.16. The van der Waals surface area contributed by atoms with E-state index in [1.807, 2.05) is 0 Å². The van der Waals surface area contributed by atoms with E-state index in [4.69, 9.17) is 10.5 Å². The quantitative estimate of drug-likeness (QED) is 0.653. The Bertz CT molecular complexity index is 885. The van der Waals surface area contributed by atoms with Gasteiger partial charge in [-0.05, 0) is 26.0 Å². The topological polar surface area (TPSA) is 143 Å². The van der Waals surface area contributed by atoms with Gasteiger partial charge in [-0.1, -0.05) is 11.6 Å². The van der Waals surface area contributed by atoms with Crippen molar-refractivity contribution in [1.29, 1.82) is 0 Å². The molecule has 0 bridgehead atoms. The summed E-state index contributed by atoms with van der Waals surface area (Å²) < 4.78 is 5.46. The predicted molar refractivity (Wildman–Crippen MR) is 86.7 cm³/mol. The number of rotatable bonds is 5. The number of ether oxygens (including phenoxy) is 1. The van der Waals surface area contributed by atoms with Crippen LogP contribution in [0.2, 0.25) is 0 Å². The van der Waals surface area contributed by atoms with Crippen LogP contribution in [0, 0.1) is 6.92 Å². The molecule has 0 saturated heterocycles. The number of pyridine rings is 1. The molecule has 0 fully saturated rings.